The molecule has 2 heterocycles. The number of hydrogen-bond donors (Lipinski definition) is 1. The first-order chi connectivity index (χ1) is 11.1. The van der Waals surface area contributed by atoms with Crippen LogP contribution in [0.2, 0.25) is 0 Å². The van der Waals surface area contributed by atoms with Gasteiger partial charge in [-0.15, -0.1) is 0 Å². The molecule has 0 aromatic carbocycles. The van der Waals surface area contributed by atoms with Crippen molar-refractivity contribution in [2.24, 2.45) is 0 Å². The van der Waals surface area contributed by atoms with Crippen molar-refractivity contribution in [1.82, 2.24) is 14.7 Å². The number of hydrogen-bond acceptors (Lipinski definition) is 4. The van der Waals surface area contributed by atoms with Crippen LogP contribution in [0.5, 0.6) is 0 Å². The van der Waals surface area contributed by atoms with Gasteiger partial charge in [0.05, 0.1) is 5.52 Å². The molecule has 0 saturated heterocycles. The number of nitrogens with one attached hydrogen (secondary N) is 1. The van der Waals surface area contributed by atoms with E-state index in [1.54, 1.807) is 6.07 Å². The molecule has 6 nitrogen and oxygen atoms in total. The van der Waals surface area contributed by atoms with Gasteiger partial charge in [-0.05, 0) is 31.9 Å². The Bertz CT molecular complexity index is 717. The number of carbonyl (C=O) groups is 2. The first-order valence-corrected chi connectivity index (χ1v) is 8.05. The van der Waals surface area contributed by atoms with Gasteiger partial charge >= 0.3 is 5.97 Å². The number of fused-ring (bicyclic) bond motifs is 1. The van der Waals surface area contributed by atoms with Gasteiger partial charge in [-0.25, -0.2) is 9.78 Å². The first-order valence-electron chi connectivity index (χ1n) is 8.05. The van der Waals surface area contributed by atoms with Gasteiger partial charge in [0.15, 0.2) is 12.3 Å². The summed E-state index contributed by atoms with van der Waals surface area (Å²) < 4.78 is 6.94. The molecule has 1 N–H and O–H groups in total. The van der Waals surface area contributed by atoms with Crippen molar-refractivity contribution in [1.29, 1.82) is 0 Å². The van der Waals surface area contributed by atoms with Gasteiger partial charge in [0.1, 0.15) is 5.82 Å². The van der Waals surface area contributed by atoms with E-state index in [0.29, 0.717) is 11.3 Å². The topological polar surface area (TPSA) is 72.7 Å². The third-order valence-corrected chi connectivity index (χ3v) is 4.22. The highest BCUT2D eigenvalue weighted by molar-refractivity contribution is 5.96. The summed E-state index contributed by atoms with van der Waals surface area (Å²) in [6, 6.07) is 5.72. The second-order valence-electron chi connectivity index (χ2n) is 5.94. The van der Waals surface area contributed by atoms with Crippen molar-refractivity contribution in [2.75, 3.05) is 6.61 Å². The number of aryl methyl sites for hydroxylation is 1. The maximum atomic E-state index is 12.2. The highest BCUT2D eigenvalue weighted by atomic mass is 16.5. The fraction of sp³-hybridized carbons (Fsp3) is 0.471. The summed E-state index contributed by atoms with van der Waals surface area (Å²) in [5, 5.41) is 2.93. The summed E-state index contributed by atoms with van der Waals surface area (Å²) in [6.07, 6.45) is 7.36. The maximum absolute atomic E-state index is 12.2. The minimum absolute atomic E-state index is 0.214. The molecule has 122 valence electrons. The third kappa shape index (κ3) is 3.52. The van der Waals surface area contributed by atoms with Crippen molar-refractivity contribution < 1.29 is 14.3 Å². The number of esters is 1. The second-order valence-corrected chi connectivity index (χ2v) is 5.94. The van der Waals surface area contributed by atoms with E-state index in [1.807, 2.05) is 29.7 Å². The molecule has 2 aromatic rings. The zero-order valence-electron chi connectivity index (χ0n) is 13.2. The minimum Gasteiger partial charge on any atom is -0.451 e. The predicted octanol–water partition coefficient (Wildman–Crippen LogP) is 2.25. The highest BCUT2D eigenvalue weighted by Crippen LogP contribution is 2.17. The van der Waals surface area contributed by atoms with Crippen molar-refractivity contribution in [3.05, 3.63) is 35.9 Å². The molecule has 1 saturated carbocycles. The SMILES string of the molecule is Cc1nc(C(=O)OCC(=O)NC2CCCCC2)c2ccccn12. The molecule has 0 atom stereocenters. The van der Waals surface area contributed by atoms with E-state index in [0.717, 1.165) is 25.7 Å². The van der Waals surface area contributed by atoms with Crippen LogP contribution in [0.1, 0.15) is 48.4 Å². The lowest BCUT2D eigenvalue weighted by atomic mass is 9.95. The van der Waals surface area contributed by atoms with Gasteiger partial charge in [0.25, 0.3) is 5.91 Å². The number of carbonyl (C=O) groups excluding carboxylic acids is 2. The normalized spacial score (nSPS) is 15.5. The predicted molar refractivity (Wildman–Crippen MR) is 85.2 cm³/mol. The first kappa shape index (κ1) is 15.5. The van der Waals surface area contributed by atoms with Gasteiger partial charge in [0.2, 0.25) is 0 Å². The monoisotopic (exact) mass is 315 g/mol. The fourth-order valence-electron chi connectivity index (χ4n) is 3.06. The summed E-state index contributed by atoms with van der Waals surface area (Å²) in [4.78, 5) is 28.3. The van der Waals surface area contributed by atoms with E-state index in [9.17, 15) is 9.59 Å². The molecule has 0 radical (unpaired) electrons. The van der Waals surface area contributed by atoms with E-state index in [2.05, 4.69) is 10.3 Å². The Labute approximate surface area is 134 Å². The van der Waals surface area contributed by atoms with E-state index < -0.39 is 5.97 Å². The molecule has 3 rings (SSSR count). The van der Waals surface area contributed by atoms with Crippen molar-refractivity contribution in [3.8, 4) is 0 Å². The van der Waals surface area contributed by atoms with Gasteiger partial charge in [-0.3, -0.25) is 4.79 Å². The Balaban J connectivity index is 1.59. The summed E-state index contributed by atoms with van der Waals surface area (Å²) in [7, 11) is 0. The Kier molecular flexibility index (Phi) is 4.60. The molecule has 0 aliphatic heterocycles. The molecule has 0 unspecified atom stereocenters. The Morgan fingerprint density at radius 2 is 2.09 bits per heavy atom. The van der Waals surface area contributed by atoms with Crippen LogP contribution in [-0.4, -0.2) is 33.9 Å². The molecule has 1 amide bonds. The van der Waals surface area contributed by atoms with Crippen molar-refractivity contribution >= 4 is 17.4 Å². The van der Waals surface area contributed by atoms with Crippen LogP contribution in [0, 0.1) is 6.92 Å². The number of amides is 1. The molecule has 6 heteroatoms. The number of nitrogens with zero attached hydrogens (tertiary/aromatic N) is 2. The van der Waals surface area contributed by atoms with Crippen molar-refractivity contribution in [3.63, 3.8) is 0 Å². The minimum atomic E-state index is -0.569. The lowest BCUT2D eigenvalue weighted by Crippen LogP contribution is -2.38. The number of pyridine rings is 1. The zero-order chi connectivity index (χ0) is 16.2. The van der Waals surface area contributed by atoms with Crippen LogP contribution in [-0.2, 0) is 9.53 Å². The number of aromatic nitrogens is 2. The van der Waals surface area contributed by atoms with E-state index >= 15 is 0 Å². The van der Waals surface area contributed by atoms with Crippen molar-refractivity contribution in [2.45, 2.75) is 45.1 Å². The van der Waals surface area contributed by atoms with E-state index in [1.165, 1.54) is 6.42 Å². The van der Waals surface area contributed by atoms with Crippen LogP contribution < -0.4 is 5.32 Å². The molecule has 0 bridgehead atoms. The highest BCUT2D eigenvalue weighted by Gasteiger charge is 2.20. The summed E-state index contributed by atoms with van der Waals surface area (Å²) in [6.45, 7) is 1.56. The van der Waals surface area contributed by atoms with Crippen LogP contribution >= 0.6 is 0 Å². The van der Waals surface area contributed by atoms with E-state index in [-0.39, 0.29) is 24.2 Å². The maximum Gasteiger partial charge on any atom is 0.359 e. The quantitative estimate of drug-likeness (QED) is 0.878. The number of rotatable bonds is 4. The average molecular weight is 315 g/mol. The molecular formula is C17H21N3O3. The Hall–Kier alpha value is -2.37. The summed E-state index contributed by atoms with van der Waals surface area (Å²) in [5.41, 5.74) is 0.927. The molecule has 0 spiro atoms. The van der Waals surface area contributed by atoms with Crippen LogP contribution in [0.25, 0.3) is 5.52 Å². The standard InChI is InChI=1S/C17H21N3O3/c1-12-18-16(14-9-5-6-10-20(12)14)17(22)23-11-15(21)19-13-7-3-2-4-8-13/h5-6,9-10,13H,2-4,7-8,11H2,1H3,(H,19,21). The van der Waals surface area contributed by atoms with Gasteiger partial charge in [-0.2, -0.15) is 0 Å². The molecule has 23 heavy (non-hydrogen) atoms. The second kappa shape index (κ2) is 6.81. The van der Waals surface area contributed by atoms with E-state index in [4.69, 9.17) is 4.74 Å². The average Bonchev–Trinajstić information content (AvgIpc) is 2.91. The largest absolute Gasteiger partial charge is 0.451 e. The molecule has 1 aliphatic carbocycles. The lowest BCUT2D eigenvalue weighted by molar-refractivity contribution is -0.125. The Morgan fingerprint density at radius 1 is 1.30 bits per heavy atom. The number of imidazole rings is 1. The molecule has 1 aliphatic rings. The van der Waals surface area contributed by atoms with Gasteiger partial charge < -0.3 is 14.5 Å². The van der Waals surface area contributed by atoms with Crippen LogP contribution in [0.4, 0.5) is 0 Å². The molecule has 2 aromatic heterocycles. The van der Waals surface area contributed by atoms with Gasteiger partial charge in [0, 0.05) is 12.2 Å². The summed E-state index contributed by atoms with van der Waals surface area (Å²) in [5.74, 6) is -0.106. The van der Waals surface area contributed by atoms with Gasteiger partial charge in [-0.1, -0.05) is 25.3 Å². The third-order valence-electron chi connectivity index (χ3n) is 4.22. The lowest BCUT2D eigenvalue weighted by Gasteiger charge is -2.22. The van der Waals surface area contributed by atoms with Crippen LogP contribution in [0.3, 0.4) is 0 Å². The smallest absolute Gasteiger partial charge is 0.359 e. The summed E-state index contributed by atoms with van der Waals surface area (Å²) >= 11 is 0. The Morgan fingerprint density at radius 3 is 2.87 bits per heavy atom. The number of ether oxygens (including phenoxy) is 1. The molecular weight excluding hydrogens is 294 g/mol. The van der Waals surface area contributed by atoms with Crippen LogP contribution in [0.15, 0.2) is 24.4 Å². The fourth-order valence-corrected chi connectivity index (χ4v) is 3.06. The molecule has 1 fully saturated rings. The zero-order valence-corrected chi connectivity index (χ0v) is 13.2.